The highest BCUT2D eigenvalue weighted by Gasteiger charge is 2.23. The van der Waals surface area contributed by atoms with Crippen molar-refractivity contribution in [3.8, 4) is 17.2 Å². The van der Waals surface area contributed by atoms with Crippen LogP contribution in [0.5, 0.6) is 0 Å². The van der Waals surface area contributed by atoms with Crippen molar-refractivity contribution in [2.75, 3.05) is 32.9 Å². The second kappa shape index (κ2) is 13.2. The van der Waals surface area contributed by atoms with Crippen LogP contribution in [-0.4, -0.2) is 55.5 Å². The molecule has 9 heteroatoms. The van der Waals surface area contributed by atoms with Crippen LogP contribution in [0, 0.1) is 11.3 Å². The molecule has 0 saturated carbocycles. The van der Waals surface area contributed by atoms with Gasteiger partial charge in [0.25, 0.3) is 5.91 Å². The van der Waals surface area contributed by atoms with E-state index in [2.05, 4.69) is 23.6 Å². The molecule has 1 fully saturated rings. The van der Waals surface area contributed by atoms with Gasteiger partial charge in [0, 0.05) is 26.2 Å². The summed E-state index contributed by atoms with van der Waals surface area (Å²) in [5.41, 5.74) is 4.12. The van der Waals surface area contributed by atoms with Crippen molar-refractivity contribution in [2.45, 2.75) is 51.3 Å². The molecule has 196 valence electrons. The number of amides is 1. The van der Waals surface area contributed by atoms with E-state index < -0.39 is 17.9 Å². The molecular formula is C28H34N4O5. The molecule has 1 aliphatic rings. The number of aromatic nitrogens is 1. The number of benzene rings is 2. The third-order valence-corrected chi connectivity index (χ3v) is 6.41. The lowest BCUT2D eigenvalue weighted by Gasteiger charge is -2.18. The van der Waals surface area contributed by atoms with Crippen molar-refractivity contribution in [3.05, 3.63) is 58.6 Å². The summed E-state index contributed by atoms with van der Waals surface area (Å²) in [6.45, 7) is 5.46. The minimum Gasteiger partial charge on any atom is -0.408 e. The van der Waals surface area contributed by atoms with Gasteiger partial charge in [-0.2, -0.15) is 5.26 Å². The van der Waals surface area contributed by atoms with Gasteiger partial charge >= 0.3 is 5.76 Å². The molecule has 2 unspecified atom stereocenters. The highest BCUT2D eigenvalue weighted by molar-refractivity contribution is 5.82. The van der Waals surface area contributed by atoms with Crippen LogP contribution in [0.3, 0.4) is 0 Å². The Morgan fingerprint density at radius 2 is 2.05 bits per heavy atom. The first-order valence-electron chi connectivity index (χ1n) is 12.9. The molecule has 1 aromatic heterocycles. The molecule has 0 aliphatic carbocycles. The molecule has 37 heavy (non-hydrogen) atoms. The minimum absolute atomic E-state index is 0.271. The van der Waals surface area contributed by atoms with Crippen molar-refractivity contribution in [3.63, 3.8) is 0 Å². The summed E-state index contributed by atoms with van der Waals surface area (Å²) in [4.78, 5) is 24.9. The van der Waals surface area contributed by atoms with Gasteiger partial charge in [-0.3, -0.25) is 9.36 Å². The van der Waals surface area contributed by atoms with E-state index in [1.807, 2.05) is 36.4 Å². The van der Waals surface area contributed by atoms with Crippen molar-refractivity contribution in [1.29, 1.82) is 5.26 Å². The summed E-state index contributed by atoms with van der Waals surface area (Å²) in [5.74, 6) is -0.663. The van der Waals surface area contributed by atoms with Crippen LogP contribution in [0.25, 0.3) is 22.2 Å². The SMILES string of the molecule is CCCCOCCn1c(=O)oc2ccc(-c3ccc(CC(C#N)NC(=O)C4CNCCCO4)cc3)cc21. The Bertz CT molecular complexity index is 1270. The number of unbranched alkanes of at least 4 members (excludes halogenated alkanes) is 1. The molecular weight excluding hydrogens is 472 g/mol. The van der Waals surface area contributed by atoms with Gasteiger partial charge in [0.1, 0.15) is 12.1 Å². The predicted octanol–water partition coefficient (Wildman–Crippen LogP) is 3.01. The van der Waals surface area contributed by atoms with Crippen LogP contribution in [0.2, 0.25) is 0 Å². The lowest BCUT2D eigenvalue weighted by molar-refractivity contribution is -0.132. The van der Waals surface area contributed by atoms with E-state index in [1.165, 1.54) is 0 Å². The first-order chi connectivity index (χ1) is 18.1. The Morgan fingerprint density at radius 1 is 1.24 bits per heavy atom. The number of hydrogen-bond acceptors (Lipinski definition) is 7. The summed E-state index contributed by atoms with van der Waals surface area (Å²) in [7, 11) is 0. The third-order valence-electron chi connectivity index (χ3n) is 6.41. The van der Waals surface area contributed by atoms with Gasteiger partial charge in [-0.05, 0) is 48.2 Å². The molecule has 2 aromatic carbocycles. The van der Waals surface area contributed by atoms with E-state index in [9.17, 15) is 14.9 Å². The molecule has 0 radical (unpaired) electrons. The highest BCUT2D eigenvalue weighted by Crippen LogP contribution is 2.25. The number of fused-ring (bicyclic) bond motifs is 1. The van der Waals surface area contributed by atoms with Crippen molar-refractivity contribution >= 4 is 17.0 Å². The maximum atomic E-state index is 12.5. The molecule has 2 heterocycles. The smallest absolute Gasteiger partial charge is 0.408 e. The van der Waals surface area contributed by atoms with Crippen LogP contribution in [-0.2, 0) is 27.2 Å². The van der Waals surface area contributed by atoms with Gasteiger partial charge in [0.2, 0.25) is 0 Å². The Labute approximate surface area is 216 Å². The van der Waals surface area contributed by atoms with Crippen LogP contribution in [0.1, 0.15) is 31.7 Å². The topological polar surface area (TPSA) is 119 Å². The van der Waals surface area contributed by atoms with Crippen molar-refractivity contribution in [2.24, 2.45) is 0 Å². The van der Waals surface area contributed by atoms with E-state index in [4.69, 9.17) is 13.9 Å². The number of nitrogens with one attached hydrogen (secondary N) is 2. The van der Waals surface area contributed by atoms with Gasteiger partial charge in [0.15, 0.2) is 5.58 Å². The Hall–Kier alpha value is -3.45. The zero-order valence-electron chi connectivity index (χ0n) is 21.2. The fourth-order valence-electron chi connectivity index (χ4n) is 4.30. The molecule has 1 aliphatic heterocycles. The zero-order chi connectivity index (χ0) is 26.0. The lowest BCUT2D eigenvalue weighted by Crippen LogP contribution is -2.46. The summed E-state index contributed by atoms with van der Waals surface area (Å²) >= 11 is 0. The number of oxazole rings is 1. The molecule has 0 bridgehead atoms. The van der Waals surface area contributed by atoms with Gasteiger partial charge < -0.3 is 24.5 Å². The number of ether oxygens (including phenoxy) is 2. The molecule has 1 amide bonds. The highest BCUT2D eigenvalue weighted by atomic mass is 16.5. The number of carbonyl (C=O) groups is 1. The van der Waals surface area contributed by atoms with Crippen LogP contribution >= 0.6 is 0 Å². The van der Waals surface area contributed by atoms with E-state index in [0.717, 1.165) is 48.0 Å². The van der Waals surface area contributed by atoms with Crippen molar-refractivity contribution in [1.82, 2.24) is 15.2 Å². The van der Waals surface area contributed by atoms with E-state index in [0.29, 0.717) is 44.9 Å². The Morgan fingerprint density at radius 3 is 2.84 bits per heavy atom. The van der Waals surface area contributed by atoms with E-state index in [1.54, 1.807) is 10.6 Å². The predicted molar refractivity (Wildman–Crippen MR) is 140 cm³/mol. The van der Waals surface area contributed by atoms with Gasteiger partial charge in [0.05, 0.1) is 24.7 Å². The van der Waals surface area contributed by atoms with Crippen LogP contribution in [0.15, 0.2) is 51.7 Å². The fourth-order valence-corrected chi connectivity index (χ4v) is 4.30. The van der Waals surface area contributed by atoms with Crippen LogP contribution < -0.4 is 16.4 Å². The zero-order valence-corrected chi connectivity index (χ0v) is 21.2. The summed E-state index contributed by atoms with van der Waals surface area (Å²) < 4.78 is 18.2. The number of hydrogen-bond donors (Lipinski definition) is 2. The summed E-state index contributed by atoms with van der Waals surface area (Å²) in [5, 5.41) is 15.6. The number of nitriles is 1. The maximum Gasteiger partial charge on any atom is 0.420 e. The standard InChI is InChI=1S/C28H34N4O5/c1-2-3-13-35-15-12-32-24-17-22(9-10-25(24)37-28(32)34)21-7-5-20(6-8-21)16-23(18-29)31-27(33)26-19-30-11-4-14-36-26/h5-10,17,23,26,30H,2-4,11-16,19H2,1H3,(H,31,33). The van der Waals surface area contributed by atoms with E-state index >= 15 is 0 Å². The monoisotopic (exact) mass is 506 g/mol. The molecule has 4 rings (SSSR count). The molecule has 0 spiro atoms. The normalized spacial score (nSPS) is 16.7. The molecule has 2 atom stereocenters. The average Bonchev–Trinajstić information content (AvgIpc) is 3.06. The number of nitrogens with zero attached hydrogens (tertiary/aromatic N) is 2. The third kappa shape index (κ3) is 7.07. The maximum absolute atomic E-state index is 12.5. The molecule has 9 nitrogen and oxygen atoms in total. The van der Waals surface area contributed by atoms with Gasteiger partial charge in [-0.25, -0.2) is 4.79 Å². The fraction of sp³-hybridized carbons (Fsp3) is 0.464. The quantitative estimate of drug-likeness (QED) is 0.384. The molecule has 2 N–H and O–H groups in total. The largest absolute Gasteiger partial charge is 0.420 e. The average molecular weight is 507 g/mol. The Kier molecular flexibility index (Phi) is 9.49. The molecule has 1 saturated heterocycles. The lowest BCUT2D eigenvalue weighted by atomic mass is 10.0. The van der Waals surface area contributed by atoms with Gasteiger partial charge in [-0.15, -0.1) is 0 Å². The Balaban J connectivity index is 1.41. The summed E-state index contributed by atoms with van der Waals surface area (Å²) in [6, 6.07) is 15.0. The van der Waals surface area contributed by atoms with E-state index in [-0.39, 0.29) is 5.91 Å². The number of carbonyl (C=O) groups excluding carboxylic acids is 1. The second-order valence-electron chi connectivity index (χ2n) is 9.18. The minimum atomic E-state index is -0.651. The van der Waals surface area contributed by atoms with Crippen molar-refractivity contribution < 1.29 is 18.7 Å². The van der Waals surface area contributed by atoms with Gasteiger partial charge in [-0.1, -0.05) is 43.7 Å². The molecule has 3 aromatic rings. The van der Waals surface area contributed by atoms with Crippen LogP contribution in [0.4, 0.5) is 0 Å². The summed E-state index contributed by atoms with van der Waals surface area (Å²) in [6.07, 6.45) is 2.72. The first kappa shape index (κ1) is 26.6. The first-order valence-corrected chi connectivity index (χ1v) is 12.9. The second-order valence-corrected chi connectivity index (χ2v) is 9.18. The number of rotatable bonds is 11.